The SMILES string of the molecule is O=C(CNC(=O)c1ccncc1)N/N=C/c1ccc([N+](=O)[O-])o1. The molecule has 0 aromatic carbocycles. The minimum Gasteiger partial charge on any atom is -0.400 e. The lowest BCUT2D eigenvalue weighted by atomic mass is 10.2. The summed E-state index contributed by atoms with van der Waals surface area (Å²) in [6.45, 7) is -0.281. The van der Waals surface area contributed by atoms with Crippen LogP contribution >= 0.6 is 0 Å². The summed E-state index contributed by atoms with van der Waals surface area (Å²) in [6.07, 6.45) is 4.03. The van der Waals surface area contributed by atoms with Crippen LogP contribution in [0.4, 0.5) is 5.88 Å². The summed E-state index contributed by atoms with van der Waals surface area (Å²) in [5, 5.41) is 16.4. The van der Waals surface area contributed by atoms with Gasteiger partial charge in [0.15, 0.2) is 5.76 Å². The molecule has 0 bridgehead atoms. The van der Waals surface area contributed by atoms with Gasteiger partial charge in [-0.1, -0.05) is 0 Å². The summed E-state index contributed by atoms with van der Waals surface area (Å²) in [6, 6.07) is 5.52. The fourth-order valence-corrected chi connectivity index (χ4v) is 1.48. The van der Waals surface area contributed by atoms with E-state index in [2.05, 4.69) is 20.8 Å². The van der Waals surface area contributed by atoms with Crippen molar-refractivity contribution in [3.63, 3.8) is 0 Å². The van der Waals surface area contributed by atoms with Crippen molar-refractivity contribution >= 4 is 23.9 Å². The average Bonchev–Trinajstić information content (AvgIpc) is 3.02. The van der Waals surface area contributed by atoms with E-state index in [-0.39, 0.29) is 12.3 Å². The Morgan fingerprint density at radius 3 is 2.70 bits per heavy atom. The van der Waals surface area contributed by atoms with Gasteiger partial charge in [-0.3, -0.25) is 24.7 Å². The van der Waals surface area contributed by atoms with E-state index >= 15 is 0 Å². The van der Waals surface area contributed by atoms with Gasteiger partial charge in [0.2, 0.25) is 0 Å². The van der Waals surface area contributed by atoms with Crippen LogP contribution < -0.4 is 10.7 Å². The van der Waals surface area contributed by atoms with Crippen LogP contribution in [0, 0.1) is 10.1 Å². The quantitative estimate of drug-likeness (QED) is 0.450. The van der Waals surface area contributed by atoms with E-state index in [0.717, 1.165) is 12.3 Å². The number of aromatic nitrogens is 1. The zero-order valence-electron chi connectivity index (χ0n) is 11.6. The molecule has 2 heterocycles. The van der Waals surface area contributed by atoms with E-state index in [9.17, 15) is 19.7 Å². The molecule has 0 aliphatic carbocycles. The fraction of sp³-hybridized carbons (Fsp3) is 0.0769. The second-order valence-corrected chi connectivity index (χ2v) is 4.14. The Morgan fingerprint density at radius 2 is 2.04 bits per heavy atom. The summed E-state index contributed by atoms with van der Waals surface area (Å²) in [4.78, 5) is 36.7. The molecule has 0 radical (unpaired) electrons. The van der Waals surface area contributed by atoms with Crippen LogP contribution in [0.5, 0.6) is 0 Å². The van der Waals surface area contributed by atoms with Crippen LogP contribution in [0.3, 0.4) is 0 Å². The smallest absolute Gasteiger partial charge is 0.400 e. The van der Waals surface area contributed by atoms with Gasteiger partial charge in [-0.2, -0.15) is 5.10 Å². The van der Waals surface area contributed by atoms with Crippen molar-refractivity contribution in [1.82, 2.24) is 15.7 Å². The van der Waals surface area contributed by atoms with Gasteiger partial charge in [-0.05, 0) is 18.2 Å². The second kappa shape index (κ2) is 7.45. The molecular formula is C13H11N5O5. The standard InChI is InChI=1S/C13H11N5O5/c19-11(8-15-13(20)9-3-5-14-6-4-9)17-16-7-10-1-2-12(23-10)18(21)22/h1-7H,8H2,(H,15,20)(H,17,19)/b16-7+. The molecule has 2 rings (SSSR count). The predicted octanol–water partition coefficient (Wildman–Crippen LogP) is 0.463. The van der Waals surface area contributed by atoms with E-state index < -0.39 is 22.6 Å². The highest BCUT2D eigenvalue weighted by Gasteiger charge is 2.10. The molecule has 2 N–H and O–H groups in total. The summed E-state index contributed by atoms with van der Waals surface area (Å²) >= 11 is 0. The van der Waals surface area contributed by atoms with Gasteiger partial charge in [-0.15, -0.1) is 0 Å². The van der Waals surface area contributed by atoms with Crippen molar-refractivity contribution in [2.45, 2.75) is 0 Å². The van der Waals surface area contributed by atoms with Crippen molar-refractivity contribution in [2.24, 2.45) is 5.10 Å². The highest BCUT2D eigenvalue weighted by Crippen LogP contribution is 2.13. The maximum Gasteiger partial charge on any atom is 0.433 e. The molecule has 23 heavy (non-hydrogen) atoms. The van der Waals surface area contributed by atoms with Crippen LogP contribution in [0.2, 0.25) is 0 Å². The Morgan fingerprint density at radius 1 is 1.30 bits per heavy atom. The Balaban J connectivity index is 1.77. The highest BCUT2D eigenvalue weighted by atomic mass is 16.6. The number of pyridine rings is 1. The summed E-state index contributed by atoms with van der Waals surface area (Å²) in [5.74, 6) is -1.31. The first-order valence-electron chi connectivity index (χ1n) is 6.30. The van der Waals surface area contributed by atoms with Gasteiger partial charge < -0.3 is 9.73 Å². The third kappa shape index (κ3) is 4.74. The topological polar surface area (TPSA) is 140 Å². The molecule has 118 valence electrons. The molecule has 0 saturated carbocycles. The third-order valence-corrected chi connectivity index (χ3v) is 2.53. The largest absolute Gasteiger partial charge is 0.433 e. The van der Waals surface area contributed by atoms with Crippen LogP contribution in [0.25, 0.3) is 0 Å². The molecule has 2 amide bonds. The number of nitro groups is 1. The Bertz CT molecular complexity index is 740. The van der Waals surface area contributed by atoms with Crippen molar-refractivity contribution < 1.29 is 18.9 Å². The first-order chi connectivity index (χ1) is 11.1. The van der Waals surface area contributed by atoms with E-state index in [4.69, 9.17) is 4.42 Å². The lowest BCUT2D eigenvalue weighted by molar-refractivity contribution is -0.402. The molecule has 0 atom stereocenters. The second-order valence-electron chi connectivity index (χ2n) is 4.14. The molecular weight excluding hydrogens is 306 g/mol. The van der Waals surface area contributed by atoms with E-state index in [1.807, 2.05) is 0 Å². The Hall–Kier alpha value is -3.56. The molecule has 0 unspecified atom stereocenters. The average molecular weight is 317 g/mol. The highest BCUT2D eigenvalue weighted by molar-refractivity contribution is 5.96. The van der Waals surface area contributed by atoms with Crippen molar-refractivity contribution in [3.05, 3.63) is 58.1 Å². The number of rotatable bonds is 6. The first kappa shape index (κ1) is 15.8. The number of nitrogens with one attached hydrogen (secondary N) is 2. The minimum absolute atomic E-state index is 0.109. The number of hydrogen-bond acceptors (Lipinski definition) is 7. The molecule has 0 saturated heterocycles. The van der Waals surface area contributed by atoms with E-state index in [0.29, 0.717) is 5.56 Å². The van der Waals surface area contributed by atoms with E-state index in [1.165, 1.54) is 30.6 Å². The summed E-state index contributed by atoms with van der Waals surface area (Å²) in [7, 11) is 0. The fourth-order valence-electron chi connectivity index (χ4n) is 1.48. The molecule has 10 nitrogen and oxygen atoms in total. The van der Waals surface area contributed by atoms with Gasteiger partial charge in [-0.25, -0.2) is 5.43 Å². The lowest BCUT2D eigenvalue weighted by Crippen LogP contribution is -2.34. The number of furan rings is 1. The molecule has 2 aromatic rings. The molecule has 2 aromatic heterocycles. The Kier molecular flexibility index (Phi) is 5.12. The summed E-state index contributed by atoms with van der Waals surface area (Å²) in [5.41, 5.74) is 2.52. The van der Waals surface area contributed by atoms with Crippen molar-refractivity contribution in [3.8, 4) is 0 Å². The first-order valence-corrected chi connectivity index (χ1v) is 6.30. The number of nitrogens with zero attached hydrogens (tertiary/aromatic N) is 3. The van der Waals surface area contributed by atoms with Crippen LogP contribution in [0.15, 0.2) is 46.2 Å². The minimum atomic E-state index is -0.690. The normalized spacial score (nSPS) is 10.4. The van der Waals surface area contributed by atoms with Gasteiger partial charge in [0, 0.05) is 18.0 Å². The third-order valence-electron chi connectivity index (χ3n) is 2.53. The van der Waals surface area contributed by atoms with Crippen LogP contribution in [-0.2, 0) is 4.79 Å². The number of amides is 2. The monoisotopic (exact) mass is 317 g/mol. The lowest BCUT2D eigenvalue weighted by Gasteiger charge is -2.03. The maximum absolute atomic E-state index is 11.7. The molecule has 0 aliphatic rings. The van der Waals surface area contributed by atoms with Crippen LogP contribution in [-0.4, -0.2) is 34.5 Å². The van der Waals surface area contributed by atoms with Gasteiger partial charge >= 0.3 is 5.88 Å². The van der Waals surface area contributed by atoms with Crippen molar-refractivity contribution in [2.75, 3.05) is 6.54 Å². The molecule has 0 fully saturated rings. The van der Waals surface area contributed by atoms with Gasteiger partial charge in [0.05, 0.1) is 18.8 Å². The summed E-state index contributed by atoms with van der Waals surface area (Å²) < 4.78 is 4.81. The number of carbonyl (C=O) groups is 2. The van der Waals surface area contributed by atoms with Gasteiger partial charge in [0.1, 0.15) is 4.92 Å². The molecule has 0 aliphatic heterocycles. The molecule has 10 heteroatoms. The maximum atomic E-state index is 11.7. The zero-order chi connectivity index (χ0) is 16.7. The predicted molar refractivity (Wildman–Crippen MR) is 77.7 cm³/mol. The Labute approximate surface area is 129 Å². The number of hydrazone groups is 1. The van der Waals surface area contributed by atoms with E-state index in [1.54, 1.807) is 0 Å². The number of hydrogen-bond donors (Lipinski definition) is 2. The molecule has 0 spiro atoms. The zero-order valence-corrected chi connectivity index (χ0v) is 11.6. The van der Waals surface area contributed by atoms with Crippen LogP contribution in [0.1, 0.15) is 16.1 Å². The van der Waals surface area contributed by atoms with Gasteiger partial charge in [0.25, 0.3) is 11.8 Å². The number of carbonyl (C=O) groups excluding carboxylic acids is 2. The van der Waals surface area contributed by atoms with Crippen molar-refractivity contribution in [1.29, 1.82) is 0 Å².